The van der Waals surface area contributed by atoms with Gasteiger partial charge in [0.2, 0.25) is 5.60 Å². The second-order valence-electron chi connectivity index (χ2n) is 7.49. The first-order chi connectivity index (χ1) is 16.4. The molecule has 9 nitrogen and oxygen atoms in total. The highest BCUT2D eigenvalue weighted by atomic mass is 16.6. The van der Waals surface area contributed by atoms with Crippen molar-refractivity contribution in [3.63, 3.8) is 0 Å². The van der Waals surface area contributed by atoms with Gasteiger partial charge in [-0.2, -0.15) is 0 Å². The molecule has 1 amide bonds. The van der Waals surface area contributed by atoms with E-state index in [-0.39, 0.29) is 31.8 Å². The summed E-state index contributed by atoms with van der Waals surface area (Å²) < 4.78 is 18.0. The molecule has 0 fully saturated rings. The van der Waals surface area contributed by atoms with Gasteiger partial charge in [0.15, 0.2) is 0 Å². The van der Waals surface area contributed by atoms with E-state index >= 15 is 0 Å². The first kappa shape index (κ1) is 24.9. The molecule has 0 radical (unpaired) electrons. The number of hydrogen-bond acceptors (Lipinski definition) is 7. The predicted molar refractivity (Wildman–Crippen MR) is 127 cm³/mol. The van der Waals surface area contributed by atoms with Crippen LogP contribution >= 0.6 is 0 Å². The number of hydrogen-bond donors (Lipinski definition) is 1. The molecule has 0 saturated heterocycles. The van der Waals surface area contributed by atoms with E-state index in [1.54, 1.807) is 56.3 Å². The third kappa shape index (κ3) is 5.43. The summed E-state index contributed by atoms with van der Waals surface area (Å²) in [4.78, 5) is 42.1. The topological polar surface area (TPSA) is 109 Å². The standard InChI is InChI=1S/C25H29N3O6/c1-4-32-24(31)25(34-5-2,23(30)26-3)16-18-10-12-19(13-11-18)33-15-14-28-17-27-21-9-7-6-8-20(21)22(28)29/h6-13,17H,4-5,14-16H2,1-3H3,(H,26,30). The number of nitrogens with zero attached hydrogens (tertiary/aromatic N) is 2. The monoisotopic (exact) mass is 467 g/mol. The SMILES string of the molecule is CCOC(=O)C(Cc1ccc(OCCn2cnc3ccccc3c2=O)cc1)(OCC)C(=O)NC. The largest absolute Gasteiger partial charge is 0.492 e. The molecule has 0 aliphatic rings. The van der Waals surface area contributed by atoms with Gasteiger partial charge in [-0.3, -0.25) is 14.2 Å². The van der Waals surface area contributed by atoms with Crippen LogP contribution in [0.4, 0.5) is 0 Å². The fraction of sp³-hybridized carbons (Fsp3) is 0.360. The molecular weight excluding hydrogens is 438 g/mol. The highest BCUT2D eigenvalue weighted by Crippen LogP contribution is 2.23. The predicted octanol–water partition coefficient (Wildman–Crippen LogP) is 2.10. The molecule has 1 unspecified atom stereocenters. The summed E-state index contributed by atoms with van der Waals surface area (Å²) in [6.45, 7) is 4.29. The van der Waals surface area contributed by atoms with E-state index < -0.39 is 17.5 Å². The fourth-order valence-electron chi connectivity index (χ4n) is 3.63. The van der Waals surface area contributed by atoms with Crippen molar-refractivity contribution in [2.24, 2.45) is 0 Å². The number of ether oxygens (including phenoxy) is 3. The summed E-state index contributed by atoms with van der Waals surface area (Å²) in [5, 5.41) is 3.06. The molecule has 3 aromatic rings. The Morgan fingerprint density at radius 1 is 1.06 bits per heavy atom. The zero-order valence-electron chi connectivity index (χ0n) is 19.6. The zero-order chi connectivity index (χ0) is 24.6. The molecule has 0 saturated carbocycles. The van der Waals surface area contributed by atoms with Gasteiger partial charge in [0.25, 0.3) is 11.5 Å². The Balaban J connectivity index is 1.68. The van der Waals surface area contributed by atoms with Gasteiger partial charge in [0, 0.05) is 20.1 Å². The van der Waals surface area contributed by atoms with Crippen molar-refractivity contribution in [3.8, 4) is 5.75 Å². The van der Waals surface area contributed by atoms with Crippen LogP contribution in [-0.2, 0) is 32.0 Å². The van der Waals surface area contributed by atoms with Crippen molar-refractivity contribution in [2.45, 2.75) is 32.4 Å². The Morgan fingerprint density at radius 3 is 2.47 bits per heavy atom. The molecule has 180 valence electrons. The van der Waals surface area contributed by atoms with Crippen LogP contribution in [0.2, 0.25) is 0 Å². The molecule has 2 aromatic carbocycles. The number of benzene rings is 2. The van der Waals surface area contributed by atoms with Gasteiger partial charge >= 0.3 is 5.97 Å². The molecule has 34 heavy (non-hydrogen) atoms. The number of carbonyl (C=O) groups excluding carboxylic acids is 2. The summed E-state index contributed by atoms with van der Waals surface area (Å²) in [6, 6.07) is 14.2. The first-order valence-electron chi connectivity index (χ1n) is 11.1. The van der Waals surface area contributed by atoms with Crippen molar-refractivity contribution in [2.75, 3.05) is 26.9 Å². The number of aromatic nitrogens is 2. The minimum absolute atomic E-state index is 0.0117. The molecule has 3 rings (SSSR count). The Kier molecular flexibility index (Phi) is 8.37. The molecule has 0 aliphatic carbocycles. The van der Waals surface area contributed by atoms with E-state index in [4.69, 9.17) is 14.2 Å². The van der Waals surface area contributed by atoms with Crippen molar-refractivity contribution in [3.05, 3.63) is 70.8 Å². The van der Waals surface area contributed by atoms with Crippen molar-refractivity contribution in [1.82, 2.24) is 14.9 Å². The van der Waals surface area contributed by atoms with Crippen molar-refractivity contribution >= 4 is 22.8 Å². The second kappa shape index (κ2) is 11.4. The van der Waals surface area contributed by atoms with E-state index in [1.165, 1.54) is 17.9 Å². The molecule has 1 heterocycles. The average Bonchev–Trinajstić information content (AvgIpc) is 2.86. The lowest BCUT2D eigenvalue weighted by atomic mass is 9.93. The molecule has 9 heteroatoms. The van der Waals surface area contributed by atoms with Crippen LogP contribution in [0.15, 0.2) is 59.7 Å². The Hall–Kier alpha value is -3.72. The van der Waals surface area contributed by atoms with Crippen LogP contribution in [0.3, 0.4) is 0 Å². The van der Waals surface area contributed by atoms with Gasteiger partial charge in [-0.25, -0.2) is 9.78 Å². The van der Waals surface area contributed by atoms with E-state index in [0.29, 0.717) is 28.8 Å². The maximum atomic E-state index is 12.6. The van der Waals surface area contributed by atoms with Crippen molar-refractivity contribution in [1.29, 1.82) is 0 Å². The lowest BCUT2D eigenvalue weighted by Gasteiger charge is -2.29. The molecule has 0 aliphatic heterocycles. The van der Waals surface area contributed by atoms with Gasteiger partial charge in [-0.1, -0.05) is 24.3 Å². The smallest absolute Gasteiger partial charge is 0.348 e. The van der Waals surface area contributed by atoms with Crippen LogP contribution in [0.1, 0.15) is 19.4 Å². The number of fused-ring (bicyclic) bond motifs is 1. The third-order valence-electron chi connectivity index (χ3n) is 5.30. The van der Waals surface area contributed by atoms with Crippen molar-refractivity contribution < 1.29 is 23.8 Å². The second-order valence-corrected chi connectivity index (χ2v) is 7.49. The van der Waals surface area contributed by atoms with Gasteiger partial charge in [-0.15, -0.1) is 0 Å². The van der Waals surface area contributed by atoms with Gasteiger partial charge in [0.1, 0.15) is 12.4 Å². The highest BCUT2D eigenvalue weighted by molar-refractivity contribution is 6.06. The Morgan fingerprint density at radius 2 is 1.79 bits per heavy atom. The van der Waals surface area contributed by atoms with Gasteiger partial charge in [-0.05, 0) is 43.7 Å². The summed E-state index contributed by atoms with van der Waals surface area (Å²) in [7, 11) is 1.45. The Labute approximate surface area is 197 Å². The molecule has 1 aromatic heterocycles. The molecule has 1 N–H and O–H groups in total. The minimum atomic E-state index is -1.77. The summed E-state index contributed by atoms with van der Waals surface area (Å²) in [6.07, 6.45) is 1.52. The summed E-state index contributed by atoms with van der Waals surface area (Å²) >= 11 is 0. The summed E-state index contributed by atoms with van der Waals surface area (Å²) in [5.74, 6) is -0.711. The number of amides is 1. The average molecular weight is 468 g/mol. The maximum absolute atomic E-state index is 12.6. The number of para-hydroxylation sites is 1. The quantitative estimate of drug-likeness (QED) is 0.340. The van der Waals surface area contributed by atoms with Crippen LogP contribution in [-0.4, -0.2) is 53.9 Å². The van der Waals surface area contributed by atoms with Crippen LogP contribution in [0.25, 0.3) is 10.9 Å². The van der Waals surface area contributed by atoms with Crippen LogP contribution < -0.4 is 15.6 Å². The first-order valence-corrected chi connectivity index (χ1v) is 11.1. The minimum Gasteiger partial charge on any atom is -0.492 e. The van der Waals surface area contributed by atoms with Gasteiger partial charge in [0.05, 0.1) is 30.4 Å². The number of rotatable bonds is 11. The number of esters is 1. The third-order valence-corrected chi connectivity index (χ3v) is 5.30. The molecular formula is C25H29N3O6. The molecule has 0 bridgehead atoms. The van der Waals surface area contributed by atoms with Crippen LogP contribution in [0.5, 0.6) is 5.75 Å². The van der Waals surface area contributed by atoms with E-state index in [2.05, 4.69) is 10.3 Å². The maximum Gasteiger partial charge on any atom is 0.348 e. The normalized spacial score (nSPS) is 12.7. The lowest BCUT2D eigenvalue weighted by molar-refractivity contribution is -0.177. The lowest BCUT2D eigenvalue weighted by Crippen LogP contribution is -2.56. The number of carbonyl (C=O) groups is 2. The number of nitrogens with one attached hydrogen (secondary N) is 1. The summed E-state index contributed by atoms with van der Waals surface area (Å²) in [5.41, 5.74) is -0.535. The number of likely N-dealkylation sites (N-methyl/N-ethyl adjacent to an activating group) is 1. The van der Waals surface area contributed by atoms with E-state index in [0.717, 1.165) is 0 Å². The zero-order valence-corrected chi connectivity index (χ0v) is 19.6. The van der Waals surface area contributed by atoms with E-state index in [1.807, 2.05) is 6.07 Å². The van der Waals surface area contributed by atoms with Gasteiger partial charge < -0.3 is 19.5 Å². The highest BCUT2D eigenvalue weighted by Gasteiger charge is 2.48. The molecule has 1 atom stereocenters. The fourth-order valence-corrected chi connectivity index (χ4v) is 3.63. The van der Waals surface area contributed by atoms with E-state index in [9.17, 15) is 14.4 Å². The molecule has 0 spiro atoms. The van der Waals surface area contributed by atoms with Crippen LogP contribution in [0, 0.1) is 0 Å². The Bertz CT molecular complexity index is 1190.